The third-order valence-electron chi connectivity index (χ3n) is 2.60. The van der Waals surface area contributed by atoms with Crippen molar-refractivity contribution in [2.45, 2.75) is 4.90 Å². The van der Waals surface area contributed by atoms with Gasteiger partial charge in [0.25, 0.3) is 0 Å². The number of hydrogen-bond acceptors (Lipinski definition) is 2. The Bertz CT molecular complexity index is 541. The Hall–Kier alpha value is -1.80. The molecular formula is C16H14OS. The molecular weight excluding hydrogens is 240 g/mol. The maximum Gasteiger partial charge on any atom is 0.185 e. The zero-order chi connectivity index (χ0) is 12.8. The number of hydrogen-bond donors (Lipinski definition) is 0. The molecule has 0 aromatic heterocycles. The fourth-order valence-electron chi connectivity index (χ4n) is 1.59. The molecule has 2 aromatic rings. The van der Waals surface area contributed by atoms with Crippen LogP contribution in [0.15, 0.2) is 65.6 Å². The molecule has 2 aromatic carbocycles. The highest BCUT2D eigenvalue weighted by molar-refractivity contribution is 7.98. The Kier molecular flexibility index (Phi) is 4.37. The van der Waals surface area contributed by atoms with Crippen molar-refractivity contribution in [3.05, 3.63) is 71.8 Å². The minimum atomic E-state index is 0.0320. The van der Waals surface area contributed by atoms with Crippen molar-refractivity contribution in [3.63, 3.8) is 0 Å². The number of benzene rings is 2. The van der Waals surface area contributed by atoms with Gasteiger partial charge < -0.3 is 0 Å². The van der Waals surface area contributed by atoms with Gasteiger partial charge in [-0.05, 0) is 30.0 Å². The lowest BCUT2D eigenvalue weighted by Gasteiger charge is -1.97. The quantitative estimate of drug-likeness (QED) is 0.459. The van der Waals surface area contributed by atoms with Crippen LogP contribution in [0.3, 0.4) is 0 Å². The summed E-state index contributed by atoms with van der Waals surface area (Å²) in [7, 11) is 0. The molecule has 0 atom stereocenters. The SMILES string of the molecule is CSc1ccc(C=CC(=O)c2ccccc2)cc1. The molecule has 0 heterocycles. The summed E-state index contributed by atoms with van der Waals surface area (Å²) in [5, 5.41) is 0. The molecule has 0 saturated carbocycles. The molecule has 2 rings (SSSR count). The van der Waals surface area contributed by atoms with Crippen LogP contribution >= 0.6 is 11.8 Å². The number of rotatable bonds is 4. The Morgan fingerprint density at radius 1 is 1.00 bits per heavy atom. The van der Waals surface area contributed by atoms with Gasteiger partial charge in [0.15, 0.2) is 5.78 Å². The third kappa shape index (κ3) is 3.34. The smallest absolute Gasteiger partial charge is 0.185 e. The van der Waals surface area contributed by atoms with Crippen molar-refractivity contribution in [1.29, 1.82) is 0 Å². The Balaban J connectivity index is 2.08. The molecule has 0 saturated heterocycles. The van der Waals surface area contributed by atoms with Gasteiger partial charge in [0.2, 0.25) is 0 Å². The van der Waals surface area contributed by atoms with Crippen LogP contribution in [0.4, 0.5) is 0 Å². The second-order valence-electron chi connectivity index (χ2n) is 3.84. The van der Waals surface area contributed by atoms with Gasteiger partial charge in [-0.25, -0.2) is 0 Å². The summed E-state index contributed by atoms with van der Waals surface area (Å²) in [6, 6.07) is 17.4. The largest absolute Gasteiger partial charge is 0.289 e. The zero-order valence-electron chi connectivity index (χ0n) is 10.2. The van der Waals surface area contributed by atoms with Crippen molar-refractivity contribution in [3.8, 4) is 0 Å². The second-order valence-corrected chi connectivity index (χ2v) is 4.72. The fourth-order valence-corrected chi connectivity index (χ4v) is 1.99. The van der Waals surface area contributed by atoms with E-state index in [1.807, 2.05) is 54.8 Å². The van der Waals surface area contributed by atoms with E-state index in [1.165, 1.54) is 4.90 Å². The van der Waals surface area contributed by atoms with Crippen LogP contribution in [-0.2, 0) is 0 Å². The van der Waals surface area contributed by atoms with Crippen molar-refractivity contribution in [1.82, 2.24) is 0 Å². The van der Waals surface area contributed by atoms with Crippen molar-refractivity contribution in [2.24, 2.45) is 0 Å². The molecule has 0 unspecified atom stereocenters. The van der Waals surface area contributed by atoms with Crippen LogP contribution in [0.25, 0.3) is 6.08 Å². The van der Waals surface area contributed by atoms with Crippen LogP contribution in [0, 0.1) is 0 Å². The summed E-state index contributed by atoms with van der Waals surface area (Å²) >= 11 is 1.71. The maximum absolute atomic E-state index is 11.9. The number of thioether (sulfide) groups is 1. The summed E-state index contributed by atoms with van der Waals surface area (Å²) in [4.78, 5) is 13.1. The van der Waals surface area contributed by atoms with E-state index < -0.39 is 0 Å². The molecule has 0 aliphatic rings. The molecule has 0 fully saturated rings. The van der Waals surface area contributed by atoms with Crippen LogP contribution in [0.2, 0.25) is 0 Å². The molecule has 0 N–H and O–H groups in total. The van der Waals surface area contributed by atoms with Gasteiger partial charge in [0.05, 0.1) is 0 Å². The van der Waals surface area contributed by atoms with Crippen LogP contribution in [-0.4, -0.2) is 12.0 Å². The highest BCUT2D eigenvalue weighted by Crippen LogP contribution is 2.15. The number of ketones is 1. The first-order valence-corrected chi connectivity index (χ1v) is 6.93. The average molecular weight is 254 g/mol. The van der Waals surface area contributed by atoms with E-state index in [-0.39, 0.29) is 5.78 Å². The first-order valence-electron chi connectivity index (χ1n) is 5.71. The monoisotopic (exact) mass is 254 g/mol. The van der Waals surface area contributed by atoms with Gasteiger partial charge in [-0.15, -0.1) is 11.8 Å². The zero-order valence-corrected chi connectivity index (χ0v) is 11.0. The van der Waals surface area contributed by atoms with Crippen LogP contribution in [0.1, 0.15) is 15.9 Å². The molecule has 0 aliphatic heterocycles. The van der Waals surface area contributed by atoms with Gasteiger partial charge in [0, 0.05) is 10.5 Å². The average Bonchev–Trinajstić information content (AvgIpc) is 2.46. The van der Waals surface area contributed by atoms with Gasteiger partial charge >= 0.3 is 0 Å². The predicted molar refractivity (Wildman–Crippen MR) is 78.0 cm³/mol. The molecule has 0 aliphatic carbocycles. The Morgan fingerprint density at radius 2 is 1.67 bits per heavy atom. The first-order chi connectivity index (χ1) is 8.79. The van der Waals surface area contributed by atoms with Crippen LogP contribution in [0.5, 0.6) is 0 Å². The standard InChI is InChI=1S/C16H14OS/c1-18-15-10-7-13(8-11-15)9-12-16(17)14-5-3-2-4-6-14/h2-12H,1H3. The minimum absolute atomic E-state index is 0.0320. The highest BCUT2D eigenvalue weighted by atomic mass is 32.2. The first kappa shape index (κ1) is 12.7. The van der Waals surface area contributed by atoms with E-state index in [2.05, 4.69) is 12.1 Å². The van der Waals surface area contributed by atoms with Gasteiger partial charge in [0.1, 0.15) is 0 Å². The number of allylic oxidation sites excluding steroid dienone is 1. The lowest BCUT2D eigenvalue weighted by atomic mass is 10.1. The molecule has 18 heavy (non-hydrogen) atoms. The Labute approximate surface area is 112 Å². The Morgan fingerprint density at radius 3 is 2.28 bits per heavy atom. The fraction of sp³-hybridized carbons (Fsp3) is 0.0625. The minimum Gasteiger partial charge on any atom is -0.289 e. The summed E-state index contributed by atoms with van der Waals surface area (Å²) in [6.07, 6.45) is 5.51. The van der Waals surface area contributed by atoms with Gasteiger partial charge in [-0.1, -0.05) is 48.5 Å². The summed E-state index contributed by atoms with van der Waals surface area (Å²) in [6.45, 7) is 0. The molecule has 2 heteroatoms. The van der Waals surface area contributed by atoms with E-state index in [0.717, 1.165) is 11.1 Å². The molecule has 90 valence electrons. The van der Waals surface area contributed by atoms with Crippen molar-refractivity contribution < 1.29 is 4.79 Å². The maximum atomic E-state index is 11.9. The normalized spacial score (nSPS) is 10.7. The van der Waals surface area contributed by atoms with E-state index in [0.29, 0.717) is 0 Å². The lowest BCUT2D eigenvalue weighted by molar-refractivity contribution is 0.104. The topological polar surface area (TPSA) is 17.1 Å². The van der Waals surface area contributed by atoms with E-state index >= 15 is 0 Å². The molecule has 1 nitrogen and oxygen atoms in total. The highest BCUT2D eigenvalue weighted by Gasteiger charge is 1.99. The van der Waals surface area contributed by atoms with E-state index in [1.54, 1.807) is 17.8 Å². The predicted octanol–water partition coefficient (Wildman–Crippen LogP) is 4.30. The molecule has 0 spiro atoms. The molecule has 0 amide bonds. The van der Waals surface area contributed by atoms with Gasteiger partial charge in [-0.3, -0.25) is 4.79 Å². The molecule has 0 radical (unpaired) electrons. The summed E-state index contributed by atoms with van der Waals surface area (Å²) in [5.41, 5.74) is 1.76. The van der Waals surface area contributed by atoms with Crippen molar-refractivity contribution in [2.75, 3.05) is 6.26 Å². The summed E-state index contributed by atoms with van der Waals surface area (Å²) in [5.74, 6) is 0.0320. The summed E-state index contributed by atoms with van der Waals surface area (Å²) < 4.78 is 0. The van der Waals surface area contributed by atoms with Gasteiger partial charge in [-0.2, -0.15) is 0 Å². The third-order valence-corrected chi connectivity index (χ3v) is 3.34. The van der Waals surface area contributed by atoms with Crippen molar-refractivity contribution >= 4 is 23.6 Å². The number of carbonyl (C=O) groups excluding carboxylic acids is 1. The van der Waals surface area contributed by atoms with Crippen LogP contribution < -0.4 is 0 Å². The van der Waals surface area contributed by atoms with E-state index in [9.17, 15) is 4.79 Å². The number of carbonyl (C=O) groups is 1. The lowest BCUT2D eigenvalue weighted by Crippen LogP contribution is -1.92. The second kappa shape index (κ2) is 6.22. The molecule has 0 bridgehead atoms. The van der Waals surface area contributed by atoms with E-state index in [4.69, 9.17) is 0 Å².